The fraction of sp³-hybridized carbons (Fsp3) is 0.667. The van der Waals surface area contributed by atoms with E-state index in [1.807, 2.05) is 0 Å². The van der Waals surface area contributed by atoms with Crippen LogP contribution in [-0.4, -0.2) is 19.7 Å². The fourth-order valence-corrected chi connectivity index (χ4v) is 0.222. The van der Waals surface area contributed by atoms with Gasteiger partial charge in [-0.15, -0.1) is 0 Å². The topological polar surface area (TPSA) is 100 Å². The van der Waals surface area contributed by atoms with Crippen molar-refractivity contribution in [3.05, 3.63) is 0 Å². The summed E-state index contributed by atoms with van der Waals surface area (Å²) in [6.45, 7) is 3.52. The maximum atomic E-state index is 5.23. The summed E-state index contributed by atoms with van der Waals surface area (Å²) >= 11 is 0. The highest BCUT2D eigenvalue weighted by Crippen LogP contribution is 1.61. The molecule has 9 heavy (non-hydrogen) atoms. The first kappa shape index (κ1) is 8.47. The highest BCUT2D eigenvalue weighted by atomic mass is 15.6. The fourth-order valence-electron chi connectivity index (χ4n) is 0.222. The molecule has 0 saturated carbocycles. The van der Waals surface area contributed by atoms with Crippen molar-refractivity contribution < 1.29 is 0 Å². The molecule has 0 fully saturated rings. The van der Waals surface area contributed by atoms with E-state index in [0.29, 0.717) is 6.67 Å². The lowest BCUT2D eigenvalue weighted by atomic mass is 10.9. The third-order valence-corrected chi connectivity index (χ3v) is 0.607. The molecule has 0 amide bonds. The summed E-state index contributed by atoms with van der Waals surface area (Å²) in [6.07, 6.45) is -0.510. The molecule has 54 valence electrons. The van der Waals surface area contributed by atoms with E-state index in [1.165, 1.54) is 0 Å². The average Bonchev–Trinajstić information content (AvgIpc) is 1.89. The standard InChI is InChI=1S/C3H12N6/c1-6-3(5)8-9-7-2-4/h3,7-9H,1-2,4-5H2. The van der Waals surface area contributed by atoms with Crippen molar-refractivity contribution in [2.24, 2.45) is 16.5 Å². The molecule has 7 N–H and O–H groups in total. The van der Waals surface area contributed by atoms with Gasteiger partial charge in [0, 0.05) is 0 Å². The Kier molecular flexibility index (Phi) is 5.27. The lowest BCUT2D eigenvalue weighted by Crippen LogP contribution is -2.52. The van der Waals surface area contributed by atoms with Crippen LogP contribution in [-0.2, 0) is 0 Å². The molecule has 0 saturated heterocycles. The zero-order valence-electron chi connectivity index (χ0n) is 5.09. The van der Waals surface area contributed by atoms with E-state index in [-0.39, 0.29) is 0 Å². The van der Waals surface area contributed by atoms with Crippen molar-refractivity contribution in [3.8, 4) is 0 Å². The smallest absolute Gasteiger partial charge is 0.163 e. The van der Waals surface area contributed by atoms with Crippen LogP contribution in [0.4, 0.5) is 0 Å². The van der Waals surface area contributed by atoms with Gasteiger partial charge in [-0.3, -0.25) is 10.7 Å². The molecule has 6 heteroatoms. The highest BCUT2D eigenvalue weighted by Gasteiger charge is 1.89. The molecule has 1 unspecified atom stereocenters. The molecular formula is C3H12N6. The van der Waals surface area contributed by atoms with Gasteiger partial charge < -0.3 is 5.73 Å². The first-order valence-electron chi connectivity index (χ1n) is 2.46. The second-order valence-corrected chi connectivity index (χ2v) is 1.28. The van der Waals surface area contributed by atoms with Gasteiger partial charge in [0.15, 0.2) is 6.29 Å². The van der Waals surface area contributed by atoms with E-state index in [1.54, 1.807) is 0 Å². The number of nitrogens with two attached hydrogens (primary N) is 2. The van der Waals surface area contributed by atoms with Crippen molar-refractivity contribution in [2.75, 3.05) is 6.67 Å². The van der Waals surface area contributed by atoms with Gasteiger partial charge in [-0.1, -0.05) is 0 Å². The van der Waals surface area contributed by atoms with Crippen molar-refractivity contribution in [1.29, 1.82) is 0 Å². The van der Waals surface area contributed by atoms with E-state index in [2.05, 4.69) is 28.1 Å². The summed E-state index contributed by atoms with van der Waals surface area (Å²) in [5.74, 6) is 0. The van der Waals surface area contributed by atoms with Crippen molar-refractivity contribution in [3.63, 3.8) is 0 Å². The summed E-state index contributed by atoms with van der Waals surface area (Å²) in [5, 5.41) is 0. The SMILES string of the molecule is C=NC(N)NNNCN. The maximum absolute atomic E-state index is 5.23. The molecule has 0 aliphatic carbocycles. The number of hydrogen-bond donors (Lipinski definition) is 5. The summed E-state index contributed by atoms with van der Waals surface area (Å²) in [4.78, 5) is 3.43. The molecule has 0 bridgehead atoms. The maximum Gasteiger partial charge on any atom is 0.163 e. The number of hydrazine groups is 2. The van der Waals surface area contributed by atoms with E-state index < -0.39 is 6.29 Å². The van der Waals surface area contributed by atoms with Gasteiger partial charge in [-0.2, -0.15) is 5.53 Å². The molecular weight excluding hydrogens is 120 g/mol. The zero-order chi connectivity index (χ0) is 7.11. The quantitative estimate of drug-likeness (QED) is 0.123. The molecule has 0 aliphatic heterocycles. The summed E-state index contributed by atoms with van der Waals surface area (Å²) < 4.78 is 0. The lowest BCUT2D eigenvalue weighted by Gasteiger charge is -2.08. The van der Waals surface area contributed by atoms with E-state index in [0.717, 1.165) is 0 Å². The Morgan fingerprint density at radius 2 is 2.33 bits per heavy atom. The van der Waals surface area contributed by atoms with E-state index in [9.17, 15) is 0 Å². The third kappa shape index (κ3) is 5.34. The van der Waals surface area contributed by atoms with Gasteiger partial charge in [-0.25, -0.2) is 10.9 Å². The van der Waals surface area contributed by atoms with E-state index in [4.69, 9.17) is 11.5 Å². The molecule has 0 aromatic heterocycles. The van der Waals surface area contributed by atoms with Gasteiger partial charge in [0.25, 0.3) is 0 Å². The molecule has 0 spiro atoms. The highest BCUT2D eigenvalue weighted by molar-refractivity contribution is 5.23. The minimum Gasteiger partial charge on any atom is -0.317 e. The molecule has 0 aromatic carbocycles. The van der Waals surface area contributed by atoms with Crippen LogP contribution in [0.15, 0.2) is 4.99 Å². The number of nitrogens with zero attached hydrogens (tertiary/aromatic N) is 1. The van der Waals surface area contributed by atoms with Gasteiger partial charge in [0.2, 0.25) is 0 Å². The van der Waals surface area contributed by atoms with Crippen molar-refractivity contribution in [1.82, 2.24) is 16.4 Å². The number of nitrogens with one attached hydrogen (secondary N) is 3. The first-order valence-corrected chi connectivity index (χ1v) is 2.46. The zero-order valence-corrected chi connectivity index (χ0v) is 5.09. The van der Waals surface area contributed by atoms with Crippen molar-refractivity contribution >= 4 is 6.72 Å². The molecule has 0 heterocycles. The summed E-state index contributed by atoms with van der Waals surface area (Å²) in [7, 11) is 0. The lowest BCUT2D eigenvalue weighted by molar-refractivity contribution is 0.386. The van der Waals surface area contributed by atoms with Crippen LogP contribution < -0.4 is 27.9 Å². The number of rotatable bonds is 5. The van der Waals surface area contributed by atoms with Gasteiger partial charge in [0.1, 0.15) is 0 Å². The predicted octanol–water partition coefficient (Wildman–Crippen LogP) is -2.56. The Hall–Kier alpha value is -0.530. The number of hydrogen-bond acceptors (Lipinski definition) is 6. The molecule has 0 aliphatic rings. The van der Waals surface area contributed by atoms with Crippen LogP contribution >= 0.6 is 0 Å². The predicted molar refractivity (Wildman–Crippen MR) is 36.0 cm³/mol. The largest absolute Gasteiger partial charge is 0.317 e. The van der Waals surface area contributed by atoms with Crippen LogP contribution in [0.2, 0.25) is 0 Å². The van der Waals surface area contributed by atoms with Crippen LogP contribution in [0.25, 0.3) is 0 Å². The molecule has 0 radical (unpaired) electrons. The Morgan fingerprint density at radius 3 is 2.78 bits per heavy atom. The van der Waals surface area contributed by atoms with Crippen LogP contribution in [0, 0.1) is 0 Å². The second kappa shape index (κ2) is 5.60. The van der Waals surface area contributed by atoms with Crippen LogP contribution in [0.3, 0.4) is 0 Å². The average molecular weight is 132 g/mol. The van der Waals surface area contributed by atoms with Gasteiger partial charge in [-0.05, 0) is 6.72 Å². The van der Waals surface area contributed by atoms with Crippen LogP contribution in [0.5, 0.6) is 0 Å². The Bertz CT molecular complexity index is 72.7. The molecule has 1 atom stereocenters. The summed E-state index contributed by atoms with van der Waals surface area (Å²) in [6, 6.07) is 0. The molecule has 0 aromatic rings. The Morgan fingerprint density at radius 1 is 1.67 bits per heavy atom. The van der Waals surface area contributed by atoms with E-state index >= 15 is 0 Å². The first-order chi connectivity index (χ1) is 4.31. The Labute approximate surface area is 53.6 Å². The monoisotopic (exact) mass is 132 g/mol. The number of aliphatic imine (C=N–C) groups is 1. The molecule has 6 nitrogen and oxygen atoms in total. The minimum absolute atomic E-state index is 0.316. The second-order valence-electron chi connectivity index (χ2n) is 1.28. The van der Waals surface area contributed by atoms with Gasteiger partial charge >= 0.3 is 0 Å². The Balaban J connectivity index is 2.96. The van der Waals surface area contributed by atoms with Crippen LogP contribution in [0.1, 0.15) is 0 Å². The third-order valence-electron chi connectivity index (χ3n) is 0.607. The minimum atomic E-state index is -0.510. The molecule has 0 rings (SSSR count). The van der Waals surface area contributed by atoms with Crippen molar-refractivity contribution in [2.45, 2.75) is 6.29 Å². The van der Waals surface area contributed by atoms with Gasteiger partial charge in [0.05, 0.1) is 6.67 Å². The normalized spacial score (nSPS) is 13.1. The summed E-state index contributed by atoms with van der Waals surface area (Å²) in [5.41, 5.74) is 17.9.